The molecule has 5 nitrogen and oxygen atoms in total. The second-order valence-electron chi connectivity index (χ2n) is 6.96. The van der Waals surface area contributed by atoms with Crippen molar-refractivity contribution in [1.82, 2.24) is 4.57 Å². The summed E-state index contributed by atoms with van der Waals surface area (Å²) in [6.07, 6.45) is 3.10. The molecule has 0 aliphatic carbocycles. The van der Waals surface area contributed by atoms with Crippen molar-refractivity contribution in [3.8, 4) is 5.75 Å². The predicted octanol–water partition coefficient (Wildman–Crippen LogP) is 4.62. The summed E-state index contributed by atoms with van der Waals surface area (Å²) in [5.74, 6) is -0.465. The lowest BCUT2D eigenvalue weighted by Gasteiger charge is -2.09. The van der Waals surface area contributed by atoms with Gasteiger partial charge < -0.3 is 9.84 Å². The molecule has 0 radical (unpaired) electrons. The molecule has 2 aromatic carbocycles. The highest BCUT2D eigenvalue weighted by Gasteiger charge is 2.21. The number of carboxylic acids is 1. The van der Waals surface area contributed by atoms with Crippen molar-refractivity contribution < 1.29 is 19.4 Å². The van der Waals surface area contributed by atoms with Crippen LogP contribution in [0, 0.1) is 6.92 Å². The molecule has 3 rings (SSSR count). The maximum absolute atomic E-state index is 13.2. The number of benzene rings is 2. The van der Waals surface area contributed by atoms with Gasteiger partial charge >= 0.3 is 5.97 Å². The standard InChI is InChI=1S/C23H25NO4/c1-4-5-6-16-7-9-17(10-8-16)23(27)24-15(2)19(14-22(25)26)20-13-18(28-3)11-12-21(20)24/h7-13H,4-6,14H2,1-3H3,(H,25,26). The van der Waals surface area contributed by atoms with Gasteiger partial charge in [-0.2, -0.15) is 0 Å². The van der Waals surface area contributed by atoms with Crippen LogP contribution in [0.3, 0.4) is 0 Å². The lowest BCUT2D eigenvalue weighted by atomic mass is 10.1. The van der Waals surface area contributed by atoms with Crippen LogP contribution in [0.15, 0.2) is 42.5 Å². The first kappa shape index (κ1) is 19.7. The summed E-state index contributed by atoms with van der Waals surface area (Å²) < 4.78 is 6.89. The summed E-state index contributed by atoms with van der Waals surface area (Å²) in [5, 5.41) is 10.0. The fourth-order valence-electron chi connectivity index (χ4n) is 3.55. The first-order valence-corrected chi connectivity index (χ1v) is 9.49. The molecule has 0 fully saturated rings. The number of aryl methyl sites for hydroxylation is 1. The Morgan fingerprint density at radius 1 is 1.11 bits per heavy atom. The minimum atomic E-state index is -0.933. The predicted molar refractivity (Wildman–Crippen MR) is 109 cm³/mol. The average molecular weight is 379 g/mol. The molecule has 0 spiro atoms. The maximum atomic E-state index is 13.2. The number of aliphatic carboxylic acids is 1. The molecule has 0 atom stereocenters. The van der Waals surface area contributed by atoms with Crippen molar-refractivity contribution in [3.05, 3.63) is 64.8 Å². The van der Waals surface area contributed by atoms with Crippen molar-refractivity contribution in [2.75, 3.05) is 7.11 Å². The summed E-state index contributed by atoms with van der Waals surface area (Å²) >= 11 is 0. The Balaban J connectivity index is 2.07. The first-order chi connectivity index (χ1) is 13.5. The van der Waals surface area contributed by atoms with Crippen LogP contribution in [-0.4, -0.2) is 28.7 Å². The molecule has 0 amide bonds. The van der Waals surface area contributed by atoms with Crippen LogP contribution in [0.25, 0.3) is 10.9 Å². The van der Waals surface area contributed by atoms with E-state index in [0.717, 1.165) is 24.6 Å². The van der Waals surface area contributed by atoms with Gasteiger partial charge in [0.15, 0.2) is 0 Å². The topological polar surface area (TPSA) is 68.5 Å². The van der Waals surface area contributed by atoms with E-state index >= 15 is 0 Å². The zero-order valence-corrected chi connectivity index (χ0v) is 16.5. The molecule has 3 aromatic rings. The number of hydrogen-bond acceptors (Lipinski definition) is 3. The molecule has 0 unspecified atom stereocenters. The van der Waals surface area contributed by atoms with Gasteiger partial charge in [0, 0.05) is 16.6 Å². The molecule has 0 saturated heterocycles. The Hall–Kier alpha value is -3.08. The normalized spacial score (nSPS) is 11.0. The second kappa shape index (κ2) is 8.30. The monoisotopic (exact) mass is 379 g/mol. The third-order valence-electron chi connectivity index (χ3n) is 5.09. The molecule has 0 saturated carbocycles. The average Bonchev–Trinajstić information content (AvgIpc) is 2.96. The van der Waals surface area contributed by atoms with Crippen LogP contribution in [0.1, 0.15) is 46.9 Å². The van der Waals surface area contributed by atoms with Crippen molar-refractivity contribution in [2.24, 2.45) is 0 Å². The minimum Gasteiger partial charge on any atom is -0.497 e. The minimum absolute atomic E-state index is 0.147. The highest BCUT2D eigenvalue weighted by molar-refractivity contribution is 6.04. The van der Waals surface area contributed by atoms with Gasteiger partial charge in [-0.25, -0.2) is 0 Å². The van der Waals surface area contributed by atoms with E-state index in [2.05, 4.69) is 6.92 Å². The number of ether oxygens (including phenoxy) is 1. The molecule has 0 aliphatic heterocycles. The van der Waals surface area contributed by atoms with Gasteiger partial charge in [-0.3, -0.25) is 14.2 Å². The van der Waals surface area contributed by atoms with Gasteiger partial charge in [-0.1, -0.05) is 25.5 Å². The molecular formula is C23H25NO4. The molecule has 1 aromatic heterocycles. The molecule has 1 heterocycles. The van der Waals surface area contributed by atoms with Gasteiger partial charge in [-0.05, 0) is 61.2 Å². The highest BCUT2D eigenvalue weighted by atomic mass is 16.5. The number of carbonyl (C=O) groups excluding carboxylic acids is 1. The third kappa shape index (κ3) is 3.79. The van der Waals surface area contributed by atoms with Crippen molar-refractivity contribution in [2.45, 2.75) is 39.5 Å². The maximum Gasteiger partial charge on any atom is 0.307 e. The Kier molecular flexibility index (Phi) is 5.83. The van der Waals surface area contributed by atoms with Crippen LogP contribution in [-0.2, 0) is 17.6 Å². The number of rotatable bonds is 7. The number of carbonyl (C=O) groups is 2. The molecule has 0 aliphatic rings. The van der Waals surface area contributed by atoms with Crippen molar-refractivity contribution >= 4 is 22.8 Å². The smallest absolute Gasteiger partial charge is 0.307 e. The zero-order chi connectivity index (χ0) is 20.3. The Bertz CT molecular complexity index is 1020. The van der Waals surface area contributed by atoms with Crippen molar-refractivity contribution in [1.29, 1.82) is 0 Å². The lowest BCUT2D eigenvalue weighted by Crippen LogP contribution is -2.14. The van der Waals surface area contributed by atoms with Gasteiger partial charge in [0.05, 0.1) is 19.0 Å². The SMILES string of the molecule is CCCCc1ccc(C(=O)n2c(C)c(CC(=O)O)c3cc(OC)ccc32)cc1. The highest BCUT2D eigenvalue weighted by Crippen LogP contribution is 2.30. The van der Waals surface area contributed by atoms with E-state index in [9.17, 15) is 14.7 Å². The summed E-state index contributed by atoms with van der Waals surface area (Å²) in [6.45, 7) is 3.94. The molecular weight excluding hydrogens is 354 g/mol. The lowest BCUT2D eigenvalue weighted by molar-refractivity contribution is -0.136. The van der Waals surface area contributed by atoms with Crippen LogP contribution in [0.4, 0.5) is 0 Å². The van der Waals surface area contributed by atoms with Crippen LogP contribution in [0.2, 0.25) is 0 Å². The summed E-state index contributed by atoms with van der Waals surface area (Å²) in [5.41, 5.74) is 3.76. The third-order valence-corrected chi connectivity index (χ3v) is 5.09. The van der Waals surface area contributed by atoms with Gasteiger partial charge in [0.2, 0.25) is 0 Å². The number of methoxy groups -OCH3 is 1. The number of carboxylic acid groups (broad SMARTS) is 1. The molecule has 146 valence electrons. The fraction of sp³-hybridized carbons (Fsp3) is 0.304. The van der Waals surface area contributed by atoms with Crippen LogP contribution < -0.4 is 4.74 Å². The van der Waals surface area contributed by atoms with Crippen LogP contribution >= 0.6 is 0 Å². The number of fused-ring (bicyclic) bond motifs is 1. The van der Waals surface area contributed by atoms with E-state index in [4.69, 9.17) is 4.74 Å². The summed E-state index contributed by atoms with van der Waals surface area (Å²) in [6, 6.07) is 13.1. The number of unbranched alkanes of at least 4 members (excludes halogenated alkanes) is 1. The summed E-state index contributed by atoms with van der Waals surface area (Å²) in [4.78, 5) is 24.6. The number of aromatic nitrogens is 1. The second-order valence-corrected chi connectivity index (χ2v) is 6.96. The fourth-order valence-corrected chi connectivity index (χ4v) is 3.55. The number of nitrogens with zero attached hydrogens (tertiary/aromatic N) is 1. The molecule has 0 bridgehead atoms. The Morgan fingerprint density at radius 3 is 2.43 bits per heavy atom. The van der Waals surface area contributed by atoms with Gasteiger partial charge in [0.1, 0.15) is 5.75 Å². The summed E-state index contributed by atoms with van der Waals surface area (Å²) in [7, 11) is 1.56. The quantitative estimate of drug-likeness (QED) is 0.650. The van der Waals surface area contributed by atoms with Gasteiger partial charge in [0.25, 0.3) is 5.91 Å². The van der Waals surface area contributed by atoms with E-state index < -0.39 is 5.97 Å². The van der Waals surface area contributed by atoms with E-state index in [-0.39, 0.29) is 12.3 Å². The van der Waals surface area contributed by atoms with E-state index in [1.165, 1.54) is 5.56 Å². The number of hydrogen-bond donors (Lipinski definition) is 1. The van der Waals surface area contributed by atoms with Crippen LogP contribution in [0.5, 0.6) is 5.75 Å². The van der Waals surface area contributed by atoms with E-state index in [1.807, 2.05) is 24.3 Å². The van der Waals surface area contributed by atoms with E-state index in [0.29, 0.717) is 28.1 Å². The Morgan fingerprint density at radius 2 is 1.82 bits per heavy atom. The van der Waals surface area contributed by atoms with Gasteiger partial charge in [-0.15, -0.1) is 0 Å². The molecule has 28 heavy (non-hydrogen) atoms. The largest absolute Gasteiger partial charge is 0.497 e. The first-order valence-electron chi connectivity index (χ1n) is 9.49. The van der Waals surface area contributed by atoms with Crippen molar-refractivity contribution in [3.63, 3.8) is 0 Å². The zero-order valence-electron chi connectivity index (χ0n) is 16.5. The Labute approximate surface area is 164 Å². The van der Waals surface area contributed by atoms with E-state index in [1.54, 1.807) is 36.8 Å². The molecule has 5 heteroatoms. The molecule has 1 N–H and O–H groups in total.